The molecule has 5 rings (SSSR count). The lowest BCUT2D eigenvalue weighted by Crippen LogP contribution is -2.56. The average Bonchev–Trinajstić information content (AvgIpc) is 3.24. The van der Waals surface area contributed by atoms with Gasteiger partial charge >= 0.3 is 0 Å². The number of amides is 2. The van der Waals surface area contributed by atoms with Gasteiger partial charge in [-0.1, -0.05) is 0 Å². The van der Waals surface area contributed by atoms with Crippen molar-refractivity contribution in [2.24, 2.45) is 11.8 Å². The first kappa shape index (κ1) is 22.4. The fourth-order valence-electron chi connectivity index (χ4n) is 6.37. The van der Waals surface area contributed by atoms with Crippen molar-refractivity contribution in [3.05, 3.63) is 0 Å². The van der Waals surface area contributed by atoms with E-state index >= 15 is 0 Å². The molecule has 8 unspecified atom stereocenters. The molecule has 0 spiro atoms. The number of piperidine rings is 1. The molecule has 32 heavy (non-hydrogen) atoms. The highest BCUT2D eigenvalue weighted by atomic mass is 19.1. The Morgan fingerprint density at radius 3 is 2.56 bits per heavy atom. The minimum absolute atomic E-state index is 0.0133. The summed E-state index contributed by atoms with van der Waals surface area (Å²) in [6.07, 6.45) is 1.24. The van der Waals surface area contributed by atoms with E-state index in [1.165, 1.54) is 0 Å². The van der Waals surface area contributed by atoms with E-state index in [9.17, 15) is 18.4 Å². The zero-order valence-electron chi connectivity index (χ0n) is 18.9. The molecule has 2 saturated carbocycles. The number of nitrogens with one attached hydrogen (secondary N) is 3. The van der Waals surface area contributed by atoms with Crippen molar-refractivity contribution in [3.63, 3.8) is 0 Å². The SMILES string of the molecule is COCC1(N(C)C(=O)C2NNC3CCN(C(=O)C4CC5C(F)CCC(F)C5N4)CC32)CC1. The Morgan fingerprint density at radius 2 is 1.88 bits per heavy atom. The van der Waals surface area contributed by atoms with E-state index in [0.29, 0.717) is 26.1 Å². The van der Waals surface area contributed by atoms with E-state index in [4.69, 9.17) is 4.74 Å². The van der Waals surface area contributed by atoms with Crippen molar-refractivity contribution in [1.82, 2.24) is 26.0 Å². The van der Waals surface area contributed by atoms with Crippen molar-refractivity contribution in [2.75, 3.05) is 33.9 Å². The van der Waals surface area contributed by atoms with Crippen molar-refractivity contribution in [2.45, 2.75) is 80.6 Å². The fourth-order valence-corrected chi connectivity index (χ4v) is 6.37. The summed E-state index contributed by atoms with van der Waals surface area (Å²) in [5.74, 6) is -0.563. The number of carbonyl (C=O) groups is 2. The Kier molecular flexibility index (Phi) is 5.92. The van der Waals surface area contributed by atoms with Gasteiger partial charge in [0.2, 0.25) is 11.8 Å². The van der Waals surface area contributed by atoms with E-state index < -0.39 is 36.4 Å². The Bertz CT molecular complexity index is 735. The third kappa shape index (κ3) is 3.73. The topological polar surface area (TPSA) is 85.9 Å². The largest absolute Gasteiger partial charge is 0.382 e. The van der Waals surface area contributed by atoms with Crippen LogP contribution in [0.4, 0.5) is 8.78 Å². The second-order valence-electron chi connectivity index (χ2n) is 10.4. The lowest BCUT2D eigenvalue weighted by atomic mass is 9.82. The van der Waals surface area contributed by atoms with Gasteiger partial charge in [0.05, 0.1) is 18.2 Å². The average molecular weight is 456 g/mol. The van der Waals surface area contributed by atoms with Gasteiger partial charge in [0.25, 0.3) is 0 Å². The Morgan fingerprint density at radius 1 is 1.12 bits per heavy atom. The van der Waals surface area contributed by atoms with Crippen molar-refractivity contribution in [1.29, 1.82) is 0 Å². The first-order valence-electron chi connectivity index (χ1n) is 12.0. The van der Waals surface area contributed by atoms with E-state index in [1.54, 1.807) is 12.0 Å². The minimum atomic E-state index is -1.10. The smallest absolute Gasteiger partial charge is 0.241 e. The van der Waals surface area contributed by atoms with Crippen LogP contribution in [-0.2, 0) is 14.3 Å². The van der Waals surface area contributed by atoms with Gasteiger partial charge in [0.15, 0.2) is 0 Å². The molecular formula is C22H35F2N5O3. The number of fused-ring (bicyclic) bond motifs is 2. The van der Waals surface area contributed by atoms with E-state index in [2.05, 4.69) is 16.2 Å². The van der Waals surface area contributed by atoms with Crippen LogP contribution in [0.15, 0.2) is 0 Å². The number of likely N-dealkylation sites (N-methyl/N-ethyl adjacent to an activating group) is 1. The van der Waals surface area contributed by atoms with Crippen LogP contribution in [0.25, 0.3) is 0 Å². The monoisotopic (exact) mass is 455 g/mol. The second-order valence-corrected chi connectivity index (χ2v) is 10.4. The second kappa shape index (κ2) is 8.45. The zero-order chi connectivity index (χ0) is 22.6. The summed E-state index contributed by atoms with van der Waals surface area (Å²) in [6.45, 7) is 1.55. The van der Waals surface area contributed by atoms with Gasteiger partial charge in [-0.3, -0.25) is 20.3 Å². The maximum Gasteiger partial charge on any atom is 0.241 e. The Hall–Kier alpha value is -1.36. The number of carbonyl (C=O) groups excluding carboxylic acids is 2. The summed E-state index contributed by atoms with van der Waals surface area (Å²) >= 11 is 0. The standard InChI is InChI=1S/C22H35F2N5O3/c1-28(22(6-7-22)11-32-2)21(31)19-13-10-29(8-5-16(13)26-27-19)20(30)17-9-12-14(23)3-4-15(24)18(12)25-17/h12-19,25-27H,3-11H2,1-2H3. The van der Waals surface area contributed by atoms with Crippen molar-refractivity contribution in [3.8, 4) is 0 Å². The molecule has 5 aliphatic rings. The zero-order valence-corrected chi connectivity index (χ0v) is 18.9. The van der Waals surface area contributed by atoms with Gasteiger partial charge in [0, 0.05) is 51.2 Å². The molecule has 3 aliphatic heterocycles. The van der Waals surface area contributed by atoms with Gasteiger partial charge in [-0.25, -0.2) is 14.2 Å². The summed E-state index contributed by atoms with van der Waals surface area (Å²) in [6, 6.07) is -1.42. The summed E-state index contributed by atoms with van der Waals surface area (Å²) < 4.78 is 34.0. The molecule has 0 aromatic heterocycles. The molecule has 8 atom stereocenters. The highest BCUT2D eigenvalue weighted by Crippen LogP contribution is 2.42. The Balaban J connectivity index is 1.24. The highest BCUT2D eigenvalue weighted by molar-refractivity contribution is 5.85. The van der Waals surface area contributed by atoms with Gasteiger partial charge in [-0.2, -0.15) is 0 Å². The molecule has 180 valence electrons. The van der Waals surface area contributed by atoms with E-state index in [0.717, 1.165) is 19.3 Å². The van der Waals surface area contributed by atoms with Crippen LogP contribution in [0.5, 0.6) is 0 Å². The summed E-state index contributed by atoms with van der Waals surface area (Å²) in [5, 5.41) is 3.10. The first-order valence-corrected chi connectivity index (χ1v) is 12.0. The van der Waals surface area contributed by atoms with Crippen LogP contribution >= 0.6 is 0 Å². The van der Waals surface area contributed by atoms with Crippen LogP contribution in [0, 0.1) is 11.8 Å². The van der Waals surface area contributed by atoms with Gasteiger partial charge < -0.3 is 14.5 Å². The van der Waals surface area contributed by atoms with E-state index in [1.807, 2.05) is 11.9 Å². The molecule has 3 saturated heterocycles. The van der Waals surface area contributed by atoms with Crippen LogP contribution in [-0.4, -0.2) is 97.5 Å². The third-order valence-electron chi connectivity index (χ3n) is 8.60. The molecule has 10 heteroatoms. The minimum Gasteiger partial charge on any atom is -0.382 e. The molecule has 3 N–H and O–H groups in total. The van der Waals surface area contributed by atoms with E-state index in [-0.39, 0.29) is 42.2 Å². The number of ether oxygens (including phenoxy) is 1. The quantitative estimate of drug-likeness (QED) is 0.547. The maximum atomic E-state index is 14.3. The Labute approximate surface area is 187 Å². The fraction of sp³-hybridized carbons (Fsp3) is 0.909. The first-order chi connectivity index (χ1) is 15.3. The lowest BCUT2D eigenvalue weighted by molar-refractivity contribution is -0.140. The molecular weight excluding hydrogens is 420 g/mol. The van der Waals surface area contributed by atoms with Crippen LogP contribution in [0.3, 0.4) is 0 Å². The number of hydrogen-bond donors (Lipinski definition) is 3. The molecule has 8 nitrogen and oxygen atoms in total. The molecule has 0 aromatic rings. The molecule has 0 aromatic carbocycles. The number of likely N-dealkylation sites (tertiary alicyclic amines) is 1. The molecule has 3 heterocycles. The van der Waals surface area contributed by atoms with Gasteiger partial charge in [0.1, 0.15) is 18.4 Å². The molecule has 2 amide bonds. The predicted molar refractivity (Wildman–Crippen MR) is 113 cm³/mol. The number of rotatable bonds is 5. The van der Waals surface area contributed by atoms with Crippen molar-refractivity contribution < 1.29 is 23.1 Å². The van der Waals surface area contributed by atoms with Crippen LogP contribution in [0.1, 0.15) is 38.5 Å². The number of hydrazine groups is 1. The number of nitrogens with zero attached hydrogens (tertiary/aromatic N) is 2. The molecule has 2 aliphatic carbocycles. The van der Waals surface area contributed by atoms with Gasteiger partial charge in [-0.05, 0) is 38.5 Å². The summed E-state index contributed by atoms with van der Waals surface area (Å²) in [7, 11) is 3.48. The highest BCUT2D eigenvalue weighted by Gasteiger charge is 2.54. The van der Waals surface area contributed by atoms with Gasteiger partial charge in [-0.15, -0.1) is 0 Å². The maximum absolute atomic E-state index is 14.3. The number of alkyl halides is 2. The van der Waals surface area contributed by atoms with Crippen LogP contribution < -0.4 is 16.2 Å². The summed E-state index contributed by atoms with van der Waals surface area (Å²) in [5.41, 5.74) is 6.20. The molecule has 0 radical (unpaired) electrons. The van der Waals surface area contributed by atoms with Crippen molar-refractivity contribution >= 4 is 11.8 Å². The summed E-state index contributed by atoms with van der Waals surface area (Å²) in [4.78, 5) is 30.2. The lowest BCUT2D eigenvalue weighted by Gasteiger charge is -2.38. The van der Waals surface area contributed by atoms with Crippen LogP contribution in [0.2, 0.25) is 0 Å². The normalized spacial score (nSPS) is 42.3. The number of halogens is 2. The molecule has 0 bridgehead atoms. The number of methoxy groups -OCH3 is 1. The molecule has 5 fully saturated rings. The predicted octanol–water partition coefficient (Wildman–Crippen LogP) is 0.134. The number of hydrogen-bond acceptors (Lipinski definition) is 6. The third-order valence-corrected chi connectivity index (χ3v) is 8.60.